The molecule has 0 aliphatic carbocycles. The van der Waals surface area contributed by atoms with Gasteiger partial charge in [0.05, 0.1) is 0 Å². The van der Waals surface area contributed by atoms with Gasteiger partial charge in [0.2, 0.25) is 0 Å². The number of allylic oxidation sites excluding steroid dienone is 1. The average Bonchev–Trinajstić information content (AvgIpc) is 2.71. The van der Waals surface area contributed by atoms with Gasteiger partial charge < -0.3 is 0 Å². The number of rotatable bonds is 15. The molecular formula is C26H48SiSn. The Balaban J connectivity index is 3.40. The summed E-state index contributed by atoms with van der Waals surface area (Å²) in [6, 6.07) is 11.4. The summed E-state index contributed by atoms with van der Waals surface area (Å²) in [6.45, 7) is 14.7. The van der Waals surface area contributed by atoms with Gasteiger partial charge in [-0.3, -0.25) is 0 Å². The summed E-state index contributed by atoms with van der Waals surface area (Å²) in [5.41, 5.74) is 2.93. The molecule has 0 aromatic heterocycles. The molecule has 0 amide bonds. The molecule has 160 valence electrons. The SMILES string of the molecule is CCCC/[C](=C/[Si](C)(C)c1ccccc1)[Sn]([CH2]CCC)([CH2]CCC)[CH2]CCC. The van der Waals surface area contributed by atoms with Crippen molar-refractivity contribution in [3.05, 3.63) is 39.6 Å². The molecule has 0 unspecified atom stereocenters. The first-order valence-electron chi connectivity index (χ1n) is 12.2. The maximum absolute atomic E-state index is 2.93. The van der Waals surface area contributed by atoms with Crippen molar-refractivity contribution in [1.82, 2.24) is 0 Å². The number of hydrogen-bond acceptors (Lipinski definition) is 0. The Hall–Kier alpha value is -0.0244. The molecule has 0 N–H and O–H groups in total. The summed E-state index contributed by atoms with van der Waals surface area (Å²) in [5, 5.41) is 1.62. The van der Waals surface area contributed by atoms with Crippen molar-refractivity contribution in [2.45, 2.75) is 112 Å². The third-order valence-electron chi connectivity index (χ3n) is 6.56. The fourth-order valence-electron chi connectivity index (χ4n) is 4.65. The van der Waals surface area contributed by atoms with Gasteiger partial charge in [0.1, 0.15) is 0 Å². The van der Waals surface area contributed by atoms with Crippen molar-refractivity contribution in [3.63, 3.8) is 0 Å². The molecule has 0 bridgehead atoms. The van der Waals surface area contributed by atoms with E-state index >= 15 is 0 Å². The van der Waals surface area contributed by atoms with E-state index in [2.05, 4.69) is 76.8 Å². The normalized spacial score (nSPS) is 13.1. The van der Waals surface area contributed by atoms with E-state index in [0.29, 0.717) is 0 Å². The minimum absolute atomic E-state index is 1.34. The Bertz CT molecular complexity index is 525. The summed E-state index contributed by atoms with van der Waals surface area (Å²) in [7, 11) is -1.53. The second-order valence-corrected chi connectivity index (χ2v) is 27.2. The van der Waals surface area contributed by atoms with Crippen LogP contribution in [0.3, 0.4) is 0 Å². The van der Waals surface area contributed by atoms with Gasteiger partial charge in [-0.25, -0.2) is 0 Å². The van der Waals surface area contributed by atoms with Crippen molar-refractivity contribution < 1.29 is 0 Å². The van der Waals surface area contributed by atoms with Crippen LogP contribution >= 0.6 is 0 Å². The van der Waals surface area contributed by atoms with E-state index in [0.717, 1.165) is 0 Å². The topological polar surface area (TPSA) is 0 Å². The van der Waals surface area contributed by atoms with Gasteiger partial charge in [-0.15, -0.1) is 0 Å². The van der Waals surface area contributed by atoms with E-state index in [1.165, 1.54) is 57.8 Å². The van der Waals surface area contributed by atoms with Gasteiger partial charge >= 0.3 is 183 Å². The Labute approximate surface area is 182 Å². The zero-order valence-electron chi connectivity index (χ0n) is 19.9. The van der Waals surface area contributed by atoms with E-state index in [9.17, 15) is 0 Å². The standard InChI is InChI=1S/C14H21Si.3C4H9.Sn/c1-4-5-6-10-13-15(2,3)14-11-8-7-9-12-14;3*1-3-4-2;/h7-9,11-13H,4-6H2,1-3H3;3*1,3-4H2,2H3;. The van der Waals surface area contributed by atoms with E-state index in [4.69, 9.17) is 0 Å². The van der Waals surface area contributed by atoms with E-state index in [1.807, 2.05) is 3.59 Å². The fraction of sp³-hybridized carbons (Fsp3) is 0.692. The molecule has 0 saturated carbocycles. The van der Waals surface area contributed by atoms with Crippen LogP contribution in [0.5, 0.6) is 0 Å². The van der Waals surface area contributed by atoms with Crippen LogP contribution in [-0.2, 0) is 0 Å². The van der Waals surface area contributed by atoms with Crippen LogP contribution in [-0.4, -0.2) is 26.5 Å². The molecule has 0 fully saturated rings. The number of unbranched alkanes of at least 4 members (excludes halogenated alkanes) is 4. The molecule has 1 aromatic carbocycles. The van der Waals surface area contributed by atoms with Crippen molar-refractivity contribution in [2.75, 3.05) is 0 Å². The van der Waals surface area contributed by atoms with Gasteiger partial charge in [0.15, 0.2) is 0 Å². The van der Waals surface area contributed by atoms with Crippen LogP contribution in [0.4, 0.5) is 0 Å². The van der Waals surface area contributed by atoms with Gasteiger partial charge in [-0.2, -0.15) is 0 Å². The van der Waals surface area contributed by atoms with Crippen LogP contribution < -0.4 is 5.19 Å². The Morgan fingerprint density at radius 1 is 0.750 bits per heavy atom. The summed E-state index contributed by atoms with van der Waals surface area (Å²) in [4.78, 5) is 0. The third kappa shape index (κ3) is 8.38. The third-order valence-corrected chi connectivity index (χ3v) is 26.5. The summed E-state index contributed by atoms with van der Waals surface area (Å²) in [5.74, 6) is 0. The van der Waals surface area contributed by atoms with E-state index in [-0.39, 0.29) is 0 Å². The molecular weight excluding hydrogens is 459 g/mol. The molecule has 0 aliphatic heterocycles. The van der Waals surface area contributed by atoms with E-state index < -0.39 is 26.5 Å². The summed E-state index contributed by atoms with van der Waals surface area (Å²) in [6.07, 6.45) is 12.7. The molecule has 0 atom stereocenters. The molecule has 1 aromatic rings. The second-order valence-electron chi connectivity index (χ2n) is 9.45. The zero-order valence-corrected chi connectivity index (χ0v) is 23.8. The van der Waals surface area contributed by atoms with Crippen molar-refractivity contribution >= 4 is 31.6 Å². The molecule has 0 aliphatic rings. The molecule has 0 saturated heterocycles. The van der Waals surface area contributed by atoms with E-state index in [1.54, 1.807) is 18.5 Å². The van der Waals surface area contributed by atoms with Gasteiger partial charge in [-0.1, -0.05) is 0 Å². The second kappa shape index (κ2) is 14.1. The molecule has 0 heterocycles. The summed E-state index contributed by atoms with van der Waals surface area (Å²) >= 11 is -2.31. The molecule has 0 radical (unpaired) electrons. The molecule has 0 spiro atoms. The average molecular weight is 507 g/mol. The van der Waals surface area contributed by atoms with Gasteiger partial charge in [-0.05, 0) is 0 Å². The van der Waals surface area contributed by atoms with Crippen LogP contribution in [0.1, 0.15) is 85.5 Å². The Morgan fingerprint density at radius 2 is 1.21 bits per heavy atom. The van der Waals surface area contributed by atoms with Gasteiger partial charge in [0, 0.05) is 0 Å². The predicted molar refractivity (Wildman–Crippen MR) is 136 cm³/mol. The minimum atomic E-state index is -2.31. The quantitative estimate of drug-likeness (QED) is 0.209. The van der Waals surface area contributed by atoms with Crippen LogP contribution in [0.2, 0.25) is 26.4 Å². The van der Waals surface area contributed by atoms with Crippen LogP contribution in [0.25, 0.3) is 0 Å². The zero-order chi connectivity index (χ0) is 20.9. The van der Waals surface area contributed by atoms with Crippen molar-refractivity contribution in [1.29, 1.82) is 0 Å². The monoisotopic (exact) mass is 508 g/mol. The first-order chi connectivity index (χ1) is 13.5. The number of benzene rings is 1. The summed E-state index contributed by atoms with van der Waals surface area (Å²) < 4.78 is 6.88. The van der Waals surface area contributed by atoms with Crippen molar-refractivity contribution in [2.24, 2.45) is 0 Å². The molecule has 1 rings (SSSR count). The Morgan fingerprint density at radius 3 is 1.64 bits per heavy atom. The molecule has 0 nitrogen and oxygen atoms in total. The molecule has 28 heavy (non-hydrogen) atoms. The fourth-order valence-corrected chi connectivity index (χ4v) is 28.6. The first-order valence-corrected chi connectivity index (χ1v) is 22.8. The van der Waals surface area contributed by atoms with Crippen LogP contribution in [0.15, 0.2) is 39.6 Å². The first kappa shape index (κ1) is 26.0. The molecule has 2 heteroatoms. The van der Waals surface area contributed by atoms with Crippen molar-refractivity contribution in [3.8, 4) is 0 Å². The van der Waals surface area contributed by atoms with Crippen LogP contribution in [0, 0.1) is 0 Å². The predicted octanol–water partition coefficient (Wildman–Crippen LogP) is 8.65. The van der Waals surface area contributed by atoms with Gasteiger partial charge in [0.25, 0.3) is 0 Å². The maximum atomic E-state index is 2.93. The number of hydrogen-bond donors (Lipinski definition) is 0. The Kier molecular flexibility index (Phi) is 13.1.